The summed E-state index contributed by atoms with van der Waals surface area (Å²) in [6, 6.07) is 0. The molecule has 0 saturated heterocycles. The standard InChI is InChI=1S/C13H24O/c1-5-12(14)13(3,4)11-8-6-10(2)7-9-11/h10-11H,5-9H2,1-4H3. The van der Waals surface area contributed by atoms with Gasteiger partial charge < -0.3 is 0 Å². The summed E-state index contributed by atoms with van der Waals surface area (Å²) in [6.07, 6.45) is 5.81. The molecule has 0 N–H and O–H groups in total. The fourth-order valence-corrected chi connectivity index (χ4v) is 2.67. The lowest BCUT2D eigenvalue weighted by Crippen LogP contribution is -2.34. The van der Waals surface area contributed by atoms with Crippen LogP contribution in [0, 0.1) is 17.3 Å². The topological polar surface area (TPSA) is 17.1 Å². The Hall–Kier alpha value is -0.330. The molecule has 82 valence electrons. The van der Waals surface area contributed by atoms with Crippen molar-refractivity contribution in [3.8, 4) is 0 Å². The summed E-state index contributed by atoms with van der Waals surface area (Å²) in [4.78, 5) is 11.8. The quantitative estimate of drug-likeness (QED) is 0.670. The highest BCUT2D eigenvalue weighted by atomic mass is 16.1. The number of carbonyl (C=O) groups excluding carboxylic acids is 1. The van der Waals surface area contributed by atoms with Gasteiger partial charge in [-0.2, -0.15) is 0 Å². The third-order valence-electron chi connectivity index (χ3n) is 4.08. The molecular formula is C13H24O. The lowest BCUT2D eigenvalue weighted by molar-refractivity contribution is -0.130. The highest BCUT2D eigenvalue weighted by molar-refractivity contribution is 5.84. The fraction of sp³-hybridized carbons (Fsp3) is 0.923. The van der Waals surface area contributed by atoms with E-state index in [1.54, 1.807) is 0 Å². The SMILES string of the molecule is CCC(=O)C(C)(C)C1CCC(C)CC1. The summed E-state index contributed by atoms with van der Waals surface area (Å²) >= 11 is 0. The van der Waals surface area contributed by atoms with Crippen LogP contribution in [0.25, 0.3) is 0 Å². The Morgan fingerprint density at radius 1 is 1.21 bits per heavy atom. The number of hydrogen-bond acceptors (Lipinski definition) is 1. The Morgan fingerprint density at radius 2 is 1.71 bits per heavy atom. The highest BCUT2D eigenvalue weighted by Crippen LogP contribution is 2.41. The fourth-order valence-electron chi connectivity index (χ4n) is 2.67. The van der Waals surface area contributed by atoms with Crippen LogP contribution in [0.2, 0.25) is 0 Å². The van der Waals surface area contributed by atoms with Crippen LogP contribution in [0.15, 0.2) is 0 Å². The summed E-state index contributed by atoms with van der Waals surface area (Å²) < 4.78 is 0. The van der Waals surface area contributed by atoms with Crippen molar-refractivity contribution < 1.29 is 4.79 Å². The summed E-state index contributed by atoms with van der Waals surface area (Å²) in [7, 11) is 0. The summed E-state index contributed by atoms with van der Waals surface area (Å²) in [5, 5.41) is 0. The number of rotatable bonds is 3. The van der Waals surface area contributed by atoms with Crippen LogP contribution in [0.3, 0.4) is 0 Å². The van der Waals surface area contributed by atoms with Gasteiger partial charge in [0.05, 0.1) is 0 Å². The van der Waals surface area contributed by atoms with Gasteiger partial charge in [0.15, 0.2) is 0 Å². The van der Waals surface area contributed by atoms with E-state index in [-0.39, 0.29) is 5.41 Å². The van der Waals surface area contributed by atoms with Gasteiger partial charge in [-0.25, -0.2) is 0 Å². The second-order valence-electron chi connectivity index (χ2n) is 5.46. The molecule has 0 spiro atoms. The van der Waals surface area contributed by atoms with Crippen molar-refractivity contribution in [2.75, 3.05) is 0 Å². The molecule has 0 aromatic carbocycles. The van der Waals surface area contributed by atoms with Gasteiger partial charge in [0.25, 0.3) is 0 Å². The molecule has 0 aliphatic heterocycles. The monoisotopic (exact) mass is 196 g/mol. The average Bonchev–Trinajstić information content (AvgIpc) is 2.17. The normalized spacial score (nSPS) is 28.9. The first-order valence-electron chi connectivity index (χ1n) is 6.01. The zero-order valence-corrected chi connectivity index (χ0v) is 10.1. The van der Waals surface area contributed by atoms with Gasteiger partial charge in [-0.15, -0.1) is 0 Å². The summed E-state index contributed by atoms with van der Waals surface area (Å²) in [5.41, 5.74) is -0.0745. The molecule has 0 heterocycles. The molecule has 1 saturated carbocycles. The van der Waals surface area contributed by atoms with Crippen molar-refractivity contribution >= 4 is 5.78 Å². The maximum Gasteiger partial charge on any atom is 0.138 e. The van der Waals surface area contributed by atoms with Crippen molar-refractivity contribution in [3.63, 3.8) is 0 Å². The lowest BCUT2D eigenvalue weighted by Gasteiger charge is -2.37. The largest absolute Gasteiger partial charge is 0.299 e. The molecule has 0 radical (unpaired) electrons. The number of hydrogen-bond donors (Lipinski definition) is 0. The molecule has 0 aromatic heterocycles. The lowest BCUT2D eigenvalue weighted by atomic mass is 9.67. The van der Waals surface area contributed by atoms with Crippen molar-refractivity contribution in [1.29, 1.82) is 0 Å². The van der Waals surface area contributed by atoms with Crippen LogP contribution < -0.4 is 0 Å². The van der Waals surface area contributed by atoms with Gasteiger partial charge in [0.1, 0.15) is 5.78 Å². The minimum absolute atomic E-state index is 0.0745. The van der Waals surface area contributed by atoms with Crippen LogP contribution in [0.5, 0.6) is 0 Å². The van der Waals surface area contributed by atoms with Gasteiger partial charge in [-0.1, -0.05) is 40.5 Å². The first-order chi connectivity index (χ1) is 6.48. The number of Topliss-reactive ketones (excluding diaryl/α,β-unsaturated/α-hetero) is 1. The van der Waals surface area contributed by atoms with E-state index in [0.29, 0.717) is 18.1 Å². The molecule has 0 aromatic rings. The van der Waals surface area contributed by atoms with Crippen LogP contribution in [0.1, 0.15) is 59.8 Å². The van der Waals surface area contributed by atoms with E-state index >= 15 is 0 Å². The van der Waals surface area contributed by atoms with Crippen LogP contribution >= 0.6 is 0 Å². The Bertz CT molecular complexity index is 197. The van der Waals surface area contributed by atoms with E-state index in [0.717, 1.165) is 5.92 Å². The summed E-state index contributed by atoms with van der Waals surface area (Å²) in [5.74, 6) is 1.95. The molecule has 1 heteroatoms. The molecular weight excluding hydrogens is 172 g/mol. The van der Waals surface area contributed by atoms with Gasteiger partial charge >= 0.3 is 0 Å². The van der Waals surface area contributed by atoms with Crippen LogP contribution in [0.4, 0.5) is 0 Å². The maximum atomic E-state index is 11.8. The second-order valence-corrected chi connectivity index (χ2v) is 5.46. The molecule has 0 unspecified atom stereocenters. The van der Waals surface area contributed by atoms with E-state index in [4.69, 9.17) is 0 Å². The molecule has 1 nitrogen and oxygen atoms in total. The molecule has 1 aliphatic rings. The third kappa shape index (κ3) is 2.37. The van der Waals surface area contributed by atoms with E-state index in [2.05, 4.69) is 20.8 Å². The zero-order chi connectivity index (χ0) is 10.8. The Kier molecular flexibility index (Phi) is 3.74. The molecule has 0 amide bonds. The predicted octanol–water partition coefficient (Wildman–Crippen LogP) is 3.82. The van der Waals surface area contributed by atoms with Gasteiger partial charge in [0.2, 0.25) is 0 Å². The predicted molar refractivity (Wildman–Crippen MR) is 60.2 cm³/mol. The zero-order valence-electron chi connectivity index (χ0n) is 10.1. The average molecular weight is 196 g/mol. The molecule has 1 fully saturated rings. The van der Waals surface area contributed by atoms with E-state index in [1.165, 1.54) is 25.7 Å². The molecule has 1 rings (SSSR count). The number of ketones is 1. The van der Waals surface area contributed by atoms with Crippen LogP contribution in [-0.4, -0.2) is 5.78 Å². The van der Waals surface area contributed by atoms with Crippen molar-refractivity contribution in [2.24, 2.45) is 17.3 Å². The van der Waals surface area contributed by atoms with Gasteiger partial charge in [-0.05, 0) is 24.7 Å². The van der Waals surface area contributed by atoms with E-state index < -0.39 is 0 Å². The molecule has 0 atom stereocenters. The first kappa shape index (κ1) is 11.7. The first-order valence-corrected chi connectivity index (χ1v) is 6.01. The molecule has 1 aliphatic carbocycles. The minimum Gasteiger partial charge on any atom is -0.299 e. The molecule has 14 heavy (non-hydrogen) atoms. The smallest absolute Gasteiger partial charge is 0.138 e. The van der Waals surface area contributed by atoms with Crippen LogP contribution in [-0.2, 0) is 4.79 Å². The number of carbonyl (C=O) groups is 1. The van der Waals surface area contributed by atoms with Gasteiger partial charge in [0, 0.05) is 11.8 Å². The summed E-state index contributed by atoms with van der Waals surface area (Å²) in [6.45, 7) is 8.58. The minimum atomic E-state index is -0.0745. The molecule has 0 bridgehead atoms. The second kappa shape index (κ2) is 4.46. The van der Waals surface area contributed by atoms with E-state index in [9.17, 15) is 4.79 Å². The van der Waals surface area contributed by atoms with Crippen molar-refractivity contribution in [2.45, 2.75) is 59.8 Å². The Labute approximate surface area is 88.3 Å². The maximum absolute atomic E-state index is 11.8. The highest BCUT2D eigenvalue weighted by Gasteiger charge is 2.36. The van der Waals surface area contributed by atoms with Gasteiger partial charge in [-0.3, -0.25) is 4.79 Å². The Morgan fingerprint density at radius 3 is 2.14 bits per heavy atom. The van der Waals surface area contributed by atoms with E-state index in [1.807, 2.05) is 6.92 Å². The third-order valence-corrected chi connectivity index (χ3v) is 4.08. The van der Waals surface area contributed by atoms with Crippen molar-refractivity contribution in [1.82, 2.24) is 0 Å². The Balaban J connectivity index is 2.59. The van der Waals surface area contributed by atoms with Crippen molar-refractivity contribution in [3.05, 3.63) is 0 Å².